The number of unbranched alkanes of at least 4 members (excludes halogenated alkanes) is 35. The maximum atomic E-state index is 13.0. The number of ether oxygens (including phenoxy) is 4. The van der Waals surface area contributed by atoms with Gasteiger partial charge in [0.2, 0.25) is 0 Å². The van der Waals surface area contributed by atoms with Crippen LogP contribution < -0.4 is 0 Å². The van der Waals surface area contributed by atoms with Crippen molar-refractivity contribution >= 4 is 39.5 Å². The number of carbonyl (C=O) groups is 4. The maximum Gasteiger partial charge on any atom is 0.472 e. The van der Waals surface area contributed by atoms with Crippen molar-refractivity contribution in [1.29, 1.82) is 0 Å². The lowest BCUT2D eigenvalue weighted by Gasteiger charge is -2.21. The number of hydrogen-bond donors (Lipinski definition) is 3. The van der Waals surface area contributed by atoms with Crippen molar-refractivity contribution in [2.24, 2.45) is 11.8 Å². The summed E-state index contributed by atoms with van der Waals surface area (Å²) in [6, 6.07) is 0. The molecule has 3 N–H and O–H groups in total. The van der Waals surface area contributed by atoms with Gasteiger partial charge in [-0.05, 0) is 63.2 Å². The molecule has 0 aromatic rings. The molecule has 0 radical (unpaired) electrons. The second-order valence-electron chi connectivity index (χ2n) is 25.9. The van der Waals surface area contributed by atoms with E-state index in [0.29, 0.717) is 25.7 Å². The van der Waals surface area contributed by atoms with Crippen LogP contribution in [0.3, 0.4) is 0 Å². The zero-order chi connectivity index (χ0) is 66.5. The summed E-state index contributed by atoms with van der Waals surface area (Å²) >= 11 is 0. The van der Waals surface area contributed by atoms with E-state index in [0.717, 1.165) is 121 Å². The van der Waals surface area contributed by atoms with Gasteiger partial charge >= 0.3 is 39.5 Å². The number of esters is 4. The summed E-state index contributed by atoms with van der Waals surface area (Å²) in [5.41, 5.74) is 0. The average Bonchev–Trinajstić information content (AvgIpc) is 3.71. The van der Waals surface area contributed by atoms with E-state index in [9.17, 15) is 43.2 Å². The summed E-state index contributed by atoms with van der Waals surface area (Å²) in [5, 5.41) is 10.6. The molecule has 0 aliphatic heterocycles. The molecule has 0 saturated heterocycles. The van der Waals surface area contributed by atoms with Crippen molar-refractivity contribution in [2.45, 2.75) is 355 Å². The van der Waals surface area contributed by atoms with Crippen LogP contribution in [0, 0.1) is 11.8 Å². The molecule has 0 fully saturated rings. The van der Waals surface area contributed by atoms with Crippen LogP contribution in [0.25, 0.3) is 0 Å². The normalized spacial score (nSPS) is 14.3. The van der Waals surface area contributed by atoms with E-state index in [1.807, 2.05) is 0 Å². The fourth-order valence-corrected chi connectivity index (χ4v) is 11.8. The van der Waals surface area contributed by atoms with E-state index >= 15 is 0 Å². The summed E-state index contributed by atoms with van der Waals surface area (Å²) in [7, 11) is -9.91. The van der Waals surface area contributed by atoms with Gasteiger partial charge in [0.05, 0.1) is 26.4 Å². The van der Waals surface area contributed by atoms with Gasteiger partial charge in [0.1, 0.15) is 19.3 Å². The standard InChI is InChI=1S/C71H134O17P2/c1-7-9-11-13-15-17-18-19-20-21-26-31-37-43-49-55-70(75)87-67(60-82-69(74)54-48-42-36-30-25-23-22-24-28-33-39-45-51-63(3)4)62-86-90(79,80)84-58-65(72)57-83-89(77,78)85-61-66(59-81-68(73)53-47-41-35-16-14-12-10-8-2)88-71(76)56-50-44-38-32-27-29-34-40-46-52-64(5)6/h17-20,63-67,72H,7-16,21-62H2,1-6H3,(H,77,78)(H,79,80)/b18-17-,20-19-/t65-,66+,67+/m0/s1. The maximum absolute atomic E-state index is 13.0. The van der Waals surface area contributed by atoms with Crippen LogP contribution in [0.1, 0.15) is 337 Å². The number of allylic oxidation sites excluding steroid dienone is 4. The third-order valence-electron chi connectivity index (χ3n) is 15.8. The van der Waals surface area contributed by atoms with Gasteiger partial charge in [0.25, 0.3) is 0 Å². The molecule has 0 amide bonds. The number of hydrogen-bond acceptors (Lipinski definition) is 15. The van der Waals surface area contributed by atoms with Crippen LogP contribution >= 0.6 is 15.6 Å². The Bertz CT molecular complexity index is 1850. The Labute approximate surface area is 548 Å². The first kappa shape index (κ1) is 87.5. The molecule has 0 heterocycles. The molecular weight excluding hydrogens is 1190 g/mol. The summed E-state index contributed by atoms with van der Waals surface area (Å²) < 4.78 is 68.2. The second kappa shape index (κ2) is 62.6. The molecule has 0 saturated carbocycles. The highest BCUT2D eigenvalue weighted by molar-refractivity contribution is 7.47. The van der Waals surface area contributed by atoms with Crippen molar-refractivity contribution in [1.82, 2.24) is 0 Å². The van der Waals surface area contributed by atoms with Crippen LogP contribution in [0.4, 0.5) is 0 Å². The van der Waals surface area contributed by atoms with Gasteiger partial charge in [0, 0.05) is 25.7 Å². The predicted octanol–water partition coefficient (Wildman–Crippen LogP) is 19.9. The third kappa shape index (κ3) is 64.3. The Morgan fingerprint density at radius 1 is 0.344 bits per heavy atom. The zero-order valence-electron chi connectivity index (χ0n) is 57.9. The Morgan fingerprint density at radius 2 is 0.600 bits per heavy atom. The summed E-state index contributed by atoms with van der Waals surface area (Å²) in [4.78, 5) is 72.5. The molecule has 0 aromatic heterocycles. The van der Waals surface area contributed by atoms with Crippen molar-refractivity contribution in [3.8, 4) is 0 Å². The highest BCUT2D eigenvalue weighted by Gasteiger charge is 2.30. The number of phosphoric acid groups is 2. The fourth-order valence-electron chi connectivity index (χ4n) is 10.2. The first-order chi connectivity index (χ1) is 43.4. The Kier molecular flexibility index (Phi) is 60.9. The monoisotopic (exact) mass is 1320 g/mol. The number of phosphoric ester groups is 2. The van der Waals surface area contributed by atoms with Crippen molar-refractivity contribution < 1.29 is 80.2 Å². The molecule has 0 rings (SSSR count). The molecule has 5 atom stereocenters. The van der Waals surface area contributed by atoms with E-state index in [-0.39, 0.29) is 25.7 Å². The van der Waals surface area contributed by atoms with E-state index in [2.05, 4.69) is 65.8 Å². The minimum atomic E-state index is -4.96. The largest absolute Gasteiger partial charge is 0.472 e. The molecule has 0 aliphatic rings. The molecular formula is C71H134O17P2. The van der Waals surface area contributed by atoms with Gasteiger partial charge in [-0.25, -0.2) is 9.13 Å². The number of aliphatic hydroxyl groups is 1. The molecule has 0 aromatic carbocycles. The van der Waals surface area contributed by atoms with Crippen LogP contribution in [0.2, 0.25) is 0 Å². The SMILES string of the molecule is CCCCCC/C=C\C=C/CCCCCCCC(=O)O[C@H](COC(=O)CCCCCCCCCCCCCCC(C)C)COP(=O)(O)OC[C@@H](O)COP(=O)(O)OC[C@@H](COC(=O)CCCCCCCCCC)OC(=O)CCCCCCCCCCCC(C)C. The highest BCUT2D eigenvalue weighted by Crippen LogP contribution is 2.45. The van der Waals surface area contributed by atoms with Gasteiger partial charge in [-0.15, -0.1) is 0 Å². The molecule has 90 heavy (non-hydrogen) atoms. The molecule has 0 aliphatic carbocycles. The first-order valence-corrected chi connectivity index (χ1v) is 39.3. The minimum absolute atomic E-state index is 0.0849. The summed E-state index contributed by atoms with van der Waals surface area (Å²) in [6.07, 6.45) is 50.8. The Hall–Kier alpha value is -2.46. The zero-order valence-corrected chi connectivity index (χ0v) is 59.7. The smallest absolute Gasteiger partial charge is 0.462 e. The van der Waals surface area contributed by atoms with E-state index in [4.69, 9.17) is 37.0 Å². The number of carbonyl (C=O) groups excluding carboxylic acids is 4. The second-order valence-corrected chi connectivity index (χ2v) is 28.8. The average molecular weight is 1320 g/mol. The Morgan fingerprint density at radius 3 is 0.911 bits per heavy atom. The Balaban J connectivity index is 5.27. The number of aliphatic hydroxyl groups excluding tert-OH is 1. The van der Waals surface area contributed by atoms with Crippen LogP contribution in [-0.2, 0) is 65.4 Å². The lowest BCUT2D eigenvalue weighted by molar-refractivity contribution is -0.161. The lowest BCUT2D eigenvalue weighted by Crippen LogP contribution is -2.30. The van der Waals surface area contributed by atoms with Crippen LogP contribution in [0.5, 0.6) is 0 Å². The quantitative estimate of drug-likeness (QED) is 0.0169. The predicted molar refractivity (Wildman–Crippen MR) is 363 cm³/mol. The topological polar surface area (TPSA) is 237 Å². The van der Waals surface area contributed by atoms with Crippen molar-refractivity contribution in [3.63, 3.8) is 0 Å². The summed E-state index contributed by atoms with van der Waals surface area (Å²) in [5.74, 6) is -0.642. The van der Waals surface area contributed by atoms with Gasteiger partial charge in [-0.1, -0.05) is 284 Å². The molecule has 0 spiro atoms. The first-order valence-electron chi connectivity index (χ1n) is 36.3. The van der Waals surface area contributed by atoms with Gasteiger partial charge in [-0.3, -0.25) is 37.3 Å². The van der Waals surface area contributed by atoms with E-state index < -0.39 is 97.5 Å². The molecule has 17 nitrogen and oxygen atoms in total. The molecule has 19 heteroatoms. The van der Waals surface area contributed by atoms with Crippen molar-refractivity contribution in [3.05, 3.63) is 24.3 Å². The minimum Gasteiger partial charge on any atom is -0.462 e. The molecule has 2 unspecified atom stereocenters. The molecule has 530 valence electrons. The van der Waals surface area contributed by atoms with Crippen LogP contribution in [0.15, 0.2) is 24.3 Å². The third-order valence-corrected chi connectivity index (χ3v) is 17.7. The van der Waals surface area contributed by atoms with Gasteiger partial charge in [-0.2, -0.15) is 0 Å². The van der Waals surface area contributed by atoms with Crippen molar-refractivity contribution in [2.75, 3.05) is 39.6 Å². The molecule has 0 bridgehead atoms. The highest BCUT2D eigenvalue weighted by atomic mass is 31.2. The fraction of sp³-hybridized carbons (Fsp3) is 0.887. The van der Waals surface area contributed by atoms with Crippen LogP contribution in [-0.4, -0.2) is 96.7 Å². The van der Waals surface area contributed by atoms with E-state index in [1.165, 1.54) is 135 Å². The van der Waals surface area contributed by atoms with Gasteiger partial charge < -0.3 is 33.8 Å². The summed E-state index contributed by atoms with van der Waals surface area (Å²) in [6.45, 7) is 9.45. The lowest BCUT2D eigenvalue weighted by atomic mass is 10.0. The van der Waals surface area contributed by atoms with E-state index in [1.54, 1.807) is 0 Å². The number of rotatable bonds is 68. The van der Waals surface area contributed by atoms with Gasteiger partial charge in [0.15, 0.2) is 12.2 Å².